The van der Waals surface area contributed by atoms with Crippen LogP contribution < -0.4 is 44.7 Å². The number of carbonyl (C=O) groups excluding carboxylic acids is 2. The SMILES string of the molecule is O=C([O-])CCCOc1c(I)cc(I)c(C(=O)NCCO)c1I.[Na+]. The average Bonchev–Trinajstić information content (AvgIpc) is 2.43. The van der Waals surface area contributed by atoms with Gasteiger partial charge in [0, 0.05) is 16.1 Å². The Hall–Kier alpha value is 1.11. The van der Waals surface area contributed by atoms with Gasteiger partial charge in [0.15, 0.2) is 0 Å². The van der Waals surface area contributed by atoms with E-state index in [4.69, 9.17) is 9.84 Å². The van der Waals surface area contributed by atoms with Gasteiger partial charge in [-0.25, -0.2) is 0 Å². The molecular weight excluding hydrogens is 654 g/mol. The summed E-state index contributed by atoms with van der Waals surface area (Å²) in [6.45, 7) is 0.285. The third-order valence-electron chi connectivity index (χ3n) is 2.52. The van der Waals surface area contributed by atoms with Crippen LogP contribution in [0.2, 0.25) is 0 Å². The number of aliphatic hydroxyl groups excluding tert-OH is 1. The summed E-state index contributed by atoms with van der Waals surface area (Å²) in [7, 11) is 0. The molecule has 1 aromatic rings. The van der Waals surface area contributed by atoms with Crippen molar-refractivity contribution >= 4 is 79.6 Å². The number of benzene rings is 1. The average molecular weight is 667 g/mol. The second-order valence-corrected chi connectivity index (χ2v) is 7.56. The minimum atomic E-state index is -1.11. The monoisotopic (exact) mass is 667 g/mol. The van der Waals surface area contributed by atoms with Crippen molar-refractivity contribution in [3.63, 3.8) is 0 Å². The molecule has 0 aliphatic carbocycles. The van der Waals surface area contributed by atoms with Crippen LogP contribution >= 0.6 is 67.8 Å². The van der Waals surface area contributed by atoms with E-state index in [1.54, 1.807) is 0 Å². The van der Waals surface area contributed by atoms with Gasteiger partial charge in [-0.05, 0) is 86.7 Å². The van der Waals surface area contributed by atoms with Crippen molar-refractivity contribution in [2.75, 3.05) is 19.8 Å². The summed E-state index contributed by atoms with van der Waals surface area (Å²) in [6.07, 6.45) is 0.272. The largest absolute Gasteiger partial charge is 1.00 e. The van der Waals surface area contributed by atoms with Gasteiger partial charge in [0.05, 0.1) is 25.9 Å². The molecule has 0 saturated carbocycles. The van der Waals surface area contributed by atoms with E-state index in [9.17, 15) is 14.7 Å². The molecule has 0 aliphatic heterocycles. The van der Waals surface area contributed by atoms with Gasteiger partial charge in [-0.3, -0.25) is 4.79 Å². The summed E-state index contributed by atoms with van der Waals surface area (Å²) in [6, 6.07) is 1.82. The molecule has 23 heavy (non-hydrogen) atoms. The van der Waals surface area contributed by atoms with Crippen molar-refractivity contribution in [1.82, 2.24) is 5.32 Å². The third-order valence-corrected chi connectivity index (χ3v) is 5.21. The molecule has 1 amide bonds. The Morgan fingerprint density at radius 1 is 1.26 bits per heavy atom. The normalized spacial score (nSPS) is 9.91. The van der Waals surface area contributed by atoms with E-state index in [0.29, 0.717) is 21.3 Å². The van der Waals surface area contributed by atoms with Crippen molar-refractivity contribution in [2.45, 2.75) is 12.8 Å². The van der Waals surface area contributed by atoms with Crippen molar-refractivity contribution in [3.05, 3.63) is 22.3 Å². The van der Waals surface area contributed by atoms with E-state index in [1.165, 1.54) is 0 Å². The van der Waals surface area contributed by atoms with Gasteiger partial charge < -0.3 is 25.1 Å². The minimum absolute atomic E-state index is 0. The Balaban J connectivity index is 0.00000484. The Morgan fingerprint density at radius 3 is 2.48 bits per heavy atom. The van der Waals surface area contributed by atoms with Gasteiger partial charge in [0.1, 0.15) is 5.75 Å². The molecule has 0 bridgehead atoms. The van der Waals surface area contributed by atoms with E-state index in [-0.39, 0.29) is 61.6 Å². The molecule has 2 N–H and O–H groups in total. The molecule has 0 aromatic heterocycles. The summed E-state index contributed by atoms with van der Waals surface area (Å²) in [5.41, 5.74) is 0.491. The number of rotatable bonds is 8. The maximum absolute atomic E-state index is 12.2. The molecule has 1 aromatic carbocycles. The Labute approximate surface area is 197 Å². The number of carboxylic acid groups (broad SMARTS) is 1. The smallest absolute Gasteiger partial charge is 0.550 e. The van der Waals surface area contributed by atoms with Crippen LogP contribution in [0.25, 0.3) is 0 Å². The second kappa shape index (κ2) is 12.5. The minimum Gasteiger partial charge on any atom is -0.550 e. The van der Waals surface area contributed by atoms with Crippen LogP contribution in [0, 0.1) is 10.7 Å². The first-order chi connectivity index (χ1) is 10.4. The Morgan fingerprint density at radius 2 is 1.91 bits per heavy atom. The number of carboxylic acids is 1. The number of aliphatic carboxylic acids is 1. The van der Waals surface area contributed by atoms with E-state index >= 15 is 0 Å². The summed E-state index contributed by atoms with van der Waals surface area (Å²) in [4.78, 5) is 22.5. The summed E-state index contributed by atoms with van der Waals surface area (Å²) < 4.78 is 7.92. The van der Waals surface area contributed by atoms with Crippen LogP contribution in [0.4, 0.5) is 0 Å². The molecule has 0 saturated heterocycles. The number of nitrogens with one attached hydrogen (secondary N) is 1. The molecule has 6 nitrogen and oxygen atoms in total. The first-order valence-electron chi connectivity index (χ1n) is 6.27. The molecule has 122 valence electrons. The molecule has 0 heterocycles. The maximum Gasteiger partial charge on any atom is 1.00 e. The predicted molar refractivity (Wildman–Crippen MR) is 104 cm³/mol. The van der Waals surface area contributed by atoms with E-state index in [0.717, 1.165) is 7.14 Å². The fourth-order valence-corrected chi connectivity index (χ4v) is 5.73. The fourth-order valence-electron chi connectivity index (χ4n) is 1.56. The van der Waals surface area contributed by atoms with Crippen molar-refractivity contribution in [2.24, 2.45) is 0 Å². The zero-order chi connectivity index (χ0) is 16.7. The predicted octanol–water partition coefficient (Wildman–Crippen LogP) is -1.86. The van der Waals surface area contributed by atoms with Crippen LogP contribution in [-0.4, -0.2) is 36.7 Å². The van der Waals surface area contributed by atoms with E-state index in [2.05, 4.69) is 50.5 Å². The summed E-state index contributed by atoms with van der Waals surface area (Å²) in [5.74, 6) is -0.826. The second-order valence-electron chi connectivity index (χ2n) is 4.16. The summed E-state index contributed by atoms with van der Waals surface area (Å²) >= 11 is 6.22. The van der Waals surface area contributed by atoms with Gasteiger partial charge in [0.25, 0.3) is 5.91 Å². The first-order valence-corrected chi connectivity index (χ1v) is 9.51. The standard InChI is InChI=1S/C13H14I3NO5.Na/c14-7-6-8(15)12(22-5-1-2-9(19)20)11(16)10(7)13(21)17-3-4-18;/h6,18H,1-5H2,(H,17,21)(H,19,20);/q;+1/p-1. The molecule has 0 unspecified atom stereocenters. The molecule has 0 aliphatic rings. The third kappa shape index (κ3) is 7.90. The zero-order valence-electron chi connectivity index (χ0n) is 12.3. The van der Waals surface area contributed by atoms with E-state index in [1.807, 2.05) is 28.7 Å². The molecule has 0 fully saturated rings. The van der Waals surface area contributed by atoms with Crippen LogP contribution in [0.1, 0.15) is 23.2 Å². The van der Waals surface area contributed by atoms with Gasteiger partial charge in [-0.1, -0.05) is 0 Å². The number of hydrogen-bond acceptors (Lipinski definition) is 5. The molecule has 1 rings (SSSR count). The van der Waals surface area contributed by atoms with Crippen molar-refractivity contribution in [1.29, 1.82) is 0 Å². The molecule has 0 radical (unpaired) electrons. The molecule has 10 heteroatoms. The number of carbonyl (C=O) groups is 2. The van der Waals surface area contributed by atoms with Gasteiger partial charge >= 0.3 is 29.6 Å². The fraction of sp³-hybridized carbons (Fsp3) is 0.385. The zero-order valence-corrected chi connectivity index (χ0v) is 20.8. The summed E-state index contributed by atoms with van der Waals surface area (Å²) in [5, 5.41) is 21.8. The maximum atomic E-state index is 12.2. The van der Waals surface area contributed by atoms with Crippen molar-refractivity contribution in [3.8, 4) is 5.75 Å². The molecular formula is C13H13I3NNaO5. The first kappa shape index (κ1) is 24.1. The number of aliphatic hydroxyl groups is 1. The molecule has 0 spiro atoms. The topological polar surface area (TPSA) is 98.7 Å². The van der Waals surface area contributed by atoms with Crippen LogP contribution in [0.15, 0.2) is 6.07 Å². The van der Waals surface area contributed by atoms with Gasteiger partial charge in [0.2, 0.25) is 0 Å². The number of amides is 1. The van der Waals surface area contributed by atoms with Gasteiger partial charge in [-0.2, -0.15) is 0 Å². The molecule has 0 atom stereocenters. The van der Waals surface area contributed by atoms with E-state index < -0.39 is 5.97 Å². The van der Waals surface area contributed by atoms with Crippen LogP contribution in [0.5, 0.6) is 5.75 Å². The van der Waals surface area contributed by atoms with Gasteiger partial charge in [-0.15, -0.1) is 0 Å². The Bertz CT molecular complexity index is 571. The quantitative estimate of drug-likeness (QED) is 0.193. The number of halogens is 3. The Kier molecular flexibility index (Phi) is 13.1. The van der Waals surface area contributed by atoms with Crippen LogP contribution in [-0.2, 0) is 4.79 Å². The number of hydrogen-bond donors (Lipinski definition) is 2. The van der Waals surface area contributed by atoms with Crippen molar-refractivity contribution < 1.29 is 54.1 Å². The van der Waals surface area contributed by atoms with Crippen LogP contribution in [0.3, 0.4) is 0 Å². The number of ether oxygens (including phenoxy) is 1.